The average molecular weight is 1630 g/mol. The van der Waals surface area contributed by atoms with Crippen molar-refractivity contribution in [2.45, 2.75) is 178 Å². The second-order valence-electron chi connectivity index (χ2n) is 31.6. The fraction of sp³-hybridized carbons (Fsp3) is 0.337. The molecule has 0 radical (unpaired) electrons. The molecule has 0 bridgehead atoms. The van der Waals surface area contributed by atoms with Gasteiger partial charge in [-0.15, -0.1) is 0 Å². The van der Waals surface area contributed by atoms with E-state index in [-0.39, 0.29) is 95.4 Å². The third-order valence-corrected chi connectivity index (χ3v) is 25.3. The van der Waals surface area contributed by atoms with E-state index in [4.69, 9.17) is 49.3 Å². The van der Waals surface area contributed by atoms with Gasteiger partial charge >= 0.3 is 11.1 Å². The van der Waals surface area contributed by atoms with Crippen LogP contribution >= 0.6 is 34.8 Å². The molecule has 5 heterocycles. The van der Waals surface area contributed by atoms with Gasteiger partial charge in [0.15, 0.2) is 17.1 Å². The third-order valence-electron chi connectivity index (χ3n) is 24.5. The van der Waals surface area contributed by atoms with Crippen molar-refractivity contribution in [1.29, 1.82) is 0 Å². The Morgan fingerprint density at radius 3 is 1.25 bits per heavy atom. The van der Waals surface area contributed by atoms with E-state index < -0.39 is 28.3 Å². The molecule has 3 fully saturated rings. The Balaban J connectivity index is 0.000000145. The number of H-pyrrole nitrogens is 1. The van der Waals surface area contributed by atoms with Gasteiger partial charge in [-0.05, 0) is 140 Å². The van der Waals surface area contributed by atoms with Crippen LogP contribution < -0.4 is 26.2 Å². The van der Waals surface area contributed by atoms with E-state index in [0.717, 1.165) is 110 Å². The van der Waals surface area contributed by atoms with Crippen molar-refractivity contribution < 1.29 is 34.1 Å². The molecule has 3 saturated carbocycles. The molecule has 3 unspecified atom stereocenters. The number of aliphatic hydroxyl groups excluding tert-OH is 1. The first-order valence-corrected chi connectivity index (χ1v) is 41.8. The number of nitrogens with one attached hydrogen (secondary N) is 1. The topological polar surface area (TPSA) is 235 Å². The number of aromatic nitrogens is 6. The van der Waals surface area contributed by atoms with E-state index in [1.54, 1.807) is 14.4 Å². The second-order valence-corrected chi connectivity index (χ2v) is 32.9. The summed E-state index contributed by atoms with van der Waals surface area (Å²) in [5, 5.41) is 22.6. The Labute approximate surface area is 696 Å². The van der Waals surface area contributed by atoms with E-state index >= 15 is 0 Å². The summed E-state index contributed by atoms with van der Waals surface area (Å²) in [4.78, 5) is 104. The first-order chi connectivity index (χ1) is 56.7. The SMILES string of the molecule is CC(c1ccccc1)N(CCO)C(=O)c1nc(CC2(c3ccc(Cl)cc3)CCCC2)[nH]c(=O)c1OCc1ccccc1.CC(c1ccccc1)N1CCn2c(CC3(c4ccc(Cl)cc4)CCCC3)nc(=O)c(O)c2C1=O.CC(c1ccccc1)N1CCn2c(CC3(c4ccc(Cl)cc4)CCCC3)nc(=O)c(OCc3ccccc3)c2C1=O. The van der Waals surface area contributed by atoms with Crippen LogP contribution in [0, 0.1) is 0 Å². The number of amides is 3. The number of aromatic amines is 1. The number of rotatable bonds is 24. The Hall–Kier alpha value is -11.0. The molecule has 3 aliphatic carbocycles. The number of carbonyl (C=O) groups excluding carboxylic acids is 3. The number of fused-ring (bicyclic) bond motifs is 2. The molecular formula is C95H98Cl3N9O10. The molecule has 3 N–H and O–H groups in total. The van der Waals surface area contributed by atoms with E-state index in [1.165, 1.54) is 11.1 Å². The first-order valence-electron chi connectivity index (χ1n) is 40.6. The smallest absolute Gasteiger partial charge is 0.316 e. The lowest BCUT2D eigenvalue weighted by molar-refractivity contribution is 0.0610. The third kappa shape index (κ3) is 18.4. The molecule has 2 aliphatic heterocycles. The lowest BCUT2D eigenvalue weighted by Crippen LogP contribution is -2.45. The summed E-state index contributed by atoms with van der Waals surface area (Å²) in [7, 11) is 0. The lowest BCUT2D eigenvalue weighted by Gasteiger charge is -2.37. The highest BCUT2D eigenvalue weighted by Crippen LogP contribution is 2.48. The predicted molar refractivity (Wildman–Crippen MR) is 456 cm³/mol. The lowest BCUT2D eigenvalue weighted by atomic mass is 9.76. The highest BCUT2D eigenvalue weighted by atomic mass is 35.5. The van der Waals surface area contributed by atoms with Gasteiger partial charge in [0.2, 0.25) is 17.2 Å². The number of aliphatic hydroxyl groups is 1. The maximum atomic E-state index is 14.2. The molecule has 3 aromatic heterocycles. The van der Waals surface area contributed by atoms with Crippen LogP contribution in [0.1, 0.15) is 209 Å². The monoisotopic (exact) mass is 1630 g/mol. The van der Waals surface area contributed by atoms with Crippen LogP contribution in [-0.4, -0.2) is 97.9 Å². The molecule has 3 atom stereocenters. The van der Waals surface area contributed by atoms with Crippen LogP contribution in [0.3, 0.4) is 0 Å². The molecule has 604 valence electrons. The van der Waals surface area contributed by atoms with Gasteiger partial charge in [-0.1, -0.05) is 261 Å². The molecule has 11 aromatic rings. The number of nitrogens with zero attached hydrogens (tertiary/aromatic N) is 8. The second kappa shape index (κ2) is 37.1. The van der Waals surface area contributed by atoms with E-state index in [9.17, 15) is 39.0 Å². The standard InChI is InChI=1S/C34H36ClN3O4.C34H34ClN3O3.C27H28ClN3O3/c1-24(26-12-6-3-7-13-26)38(20-21-39)33(41)30-31(42-23-25-10-4-2-5-11-25)32(40)37-29(36-30)22-34(18-8-9-19-34)27-14-16-28(35)17-15-27;1-24(26-12-6-3-7-13-26)37-20-21-38-29(22-34(18-8-9-19-34)27-14-16-28(35)17-15-27)36-32(39)31(30(38)33(37)40)41-23-25-10-4-2-5-11-25;1-18(19-7-3-2-4-8-19)30-15-16-31-22(29-25(33)24(32)23(31)26(30)34)17-27(13-5-6-14-27)20-9-11-21(28)12-10-20/h2-7,10-17,24,39H,8-9,18-23H2,1H3,(H,36,37,40);2-7,10-17,24H,8-9,18-23H2,1H3;2-4,7-12,18,32H,5-6,13-17H2,1H3. The van der Waals surface area contributed by atoms with Gasteiger partial charge in [-0.2, -0.15) is 9.97 Å². The van der Waals surface area contributed by atoms with Crippen molar-refractivity contribution in [3.63, 3.8) is 0 Å². The molecule has 19 nitrogen and oxygen atoms in total. The van der Waals surface area contributed by atoms with Gasteiger partial charge in [0.05, 0.1) is 24.7 Å². The minimum atomic E-state index is -0.743. The fourth-order valence-electron chi connectivity index (χ4n) is 18.1. The predicted octanol–water partition coefficient (Wildman–Crippen LogP) is 17.9. The van der Waals surface area contributed by atoms with Crippen LogP contribution in [0.4, 0.5) is 0 Å². The van der Waals surface area contributed by atoms with E-state index in [2.05, 4.69) is 39.2 Å². The summed E-state index contributed by atoms with van der Waals surface area (Å²) in [5.41, 5.74) is 6.27. The number of hydrogen-bond donors (Lipinski definition) is 3. The summed E-state index contributed by atoms with van der Waals surface area (Å²) in [5.74, 6) is -0.0279. The van der Waals surface area contributed by atoms with Crippen LogP contribution in [0.15, 0.2) is 239 Å². The van der Waals surface area contributed by atoms with Gasteiger partial charge in [-0.3, -0.25) is 28.8 Å². The van der Waals surface area contributed by atoms with E-state index in [1.807, 2.05) is 230 Å². The van der Waals surface area contributed by atoms with Crippen LogP contribution in [0.2, 0.25) is 15.1 Å². The Morgan fingerprint density at radius 2 is 0.829 bits per heavy atom. The summed E-state index contributed by atoms with van der Waals surface area (Å²) in [6.45, 7) is 8.03. The highest BCUT2D eigenvalue weighted by Gasteiger charge is 2.44. The number of carbonyl (C=O) groups is 3. The maximum Gasteiger partial charge on any atom is 0.316 e. The molecule has 0 spiro atoms. The van der Waals surface area contributed by atoms with Crippen molar-refractivity contribution >= 4 is 52.5 Å². The number of ether oxygens (including phenoxy) is 2. The normalized spacial score (nSPS) is 16.5. The summed E-state index contributed by atoms with van der Waals surface area (Å²) >= 11 is 18.5. The zero-order valence-electron chi connectivity index (χ0n) is 66.2. The van der Waals surface area contributed by atoms with Gasteiger partial charge in [-0.25, -0.2) is 4.98 Å². The Bertz CT molecular complexity index is 5450. The van der Waals surface area contributed by atoms with Crippen molar-refractivity contribution in [2.24, 2.45) is 0 Å². The molecule has 3 amide bonds. The maximum absolute atomic E-state index is 14.2. The number of halogens is 3. The first kappa shape index (κ1) is 82.6. The number of benzene rings is 8. The van der Waals surface area contributed by atoms with E-state index in [0.29, 0.717) is 83.7 Å². The minimum absolute atomic E-state index is 0.0273. The largest absolute Gasteiger partial charge is 0.501 e. The molecule has 117 heavy (non-hydrogen) atoms. The van der Waals surface area contributed by atoms with Crippen molar-refractivity contribution in [3.8, 4) is 17.2 Å². The Morgan fingerprint density at radius 1 is 0.462 bits per heavy atom. The molecular weight excluding hydrogens is 1530 g/mol. The molecule has 8 aromatic carbocycles. The van der Waals surface area contributed by atoms with Crippen molar-refractivity contribution in [2.75, 3.05) is 26.2 Å². The number of hydrogen-bond acceptors (Lipinski definition) is 13. The molecule has 16 rings (SSSR count). The summed E-state index contributed by atoms with van der Waals surface area (Å²) in [6, 6.07) is 71.6. The zero-order chi connectivity index (χ0) is 81.8. The highest BCUT2D eigenvalue weighted by molar-refractivity contribution is 6.31. The van der Waals surface area contributed by atoms with Crippen LogP contribution in [0.25, 0.3) is 0 Å². The van der Waals surface area contributed by atoms with Gasteiger partial charge in [0.1, 0.15) is 30.7 Å². The zero-order valence-corrected chi connectivity index (χ0v) is 68.5. The fourth-order valence-corrected chi connectivity index (χ4v) is 18.5. The van der Waals surface area contributed by atoms with Gasteiger partial charge < -0.3 is 48.5 Å². The molecule has 22 heteroatoms. The minimum Gasteiger partial charge on any atom is -0.501 e. The van der Waals surface area contributed by atoms with Gasteiger partial charge in [0, 0.05) is 83.3 Å². The molecule has 5 aliphatic rings. The molecule has 0 saturated heterocycles. The van der Waals surface area contributed by atoms with Gasteiger partial charge in [0.25, 0.3) is 23.3 Å². The summed E-state index contributed by atoms with van der Waals surface area (Å²) < 4.78 is 15.8. The summed E-state index contributed by atoms with van der Waals surface area (Å²) in [6.07, 6.45) is 14.0. The van der Waals surface area contributed by atoms with Crippen molar-refractivity contribution in [3.05, 3.63) is 350 Å². The van der Waals surface area contributed by atoms with Crippen molar-refractivity contribution in [1.82, 2.24) is 43.8 Å². The Kier molecular flexibility index (Phi) is 26.2. The number of aromatic hydroxyl groups is 1. The average Bonchev–Trinajstić information content (AvgIpc) is 1.62. The van der Waals surface area contributed by atoms with Crippen LogP contribution in [-0.2, 0) is 61.8 Å². The van der Waals surface area contributed by atoms with Crippen LogP contribution in [0.5, 0.6) is 17.2 Å². The quantitative estimate of drug-likeness (QED) is 0.0511.